The first-order chi connectivity index (χ1) is 11.5. The van der Waals surface area contributed by atoms with Crippen molar-refractivity contribution in [2.45, 2.75) is 22.8 Å². The molecule has 0 bridgehead atoms. The van der Waals surface area contributed by atoms with E-state index in [4.69, 9.17) is 11.6 Å². The Hall–Kier alpha value is -2.06. The van der Waals surface area contributed by atoms with Crippen molar-refractivity contribution in [1.82, 2.24) is 10.6 Å². The zero-order valence-electron chi connectivity index (χ0n) is 12.3. The Morgan fingerprint density at radius 1 is 1.21 bits per heavy atom. The third kappa shape index (κ3) is 3.25. The first-order valence-electron chi connectivity index (χ1n) is 7.18. The van der Waals surface area contributed by atoms with Crippen molar-refractivity contribution in [3.63, 3.8) is 0 Å². The minimum Gasteiger partial charge on any atom is -0.543 e. The lowest BCUT2D eigenvalue weighted by atomic mass is 10.0. The van der Waals surface area contributed by atoms with E-state index in [0.29, 0.717) is 5.56 Å². The summed E-state index contributed by atoms with van der Waals surface area (Å²) in [6, 6.07) is 7.10. The van der Waals surface area contributed by atoms with Gasteiger partial charge in [-0.05, 0) is 5.56 Å². The van der Waals surface area contributed by atoms with Gasteiger partial charge in [-0.25, -0.2) is 0 Å². The maximum absolute atomic E-state index is 12.4. The van der Waals surface area contributed by atoms with E-state index in [9.17, 15) is 19.5 Å². The van der Waals surface area contributed by atoms with Gasteiger partial charge in [0.25, 0.3) is 0 Å². The summed E-state index contributed by atoms with van der Waals surface area (Å²) in [7, 11) is 0. The molecule has 1 aromatic carbocycles. The highest BCUT2D eigenvalue weighted by atomic mass is 35.5. The van der Waals surface area contributed by atoms with Gasteiger partial charge >= 0.3 is 0 Å². The second-order valence-electron chi connectivity index (χ2n) is 5.33. The largest absolute Gasteiger partial charge is 0.543 e. The van der Waals surface area contributed by atoms with Crippen LogP contribution in [0.15, 0.2) is 35.3 Å². The number of benzene rings is 1. The lowest BCUT2D eigenvalue weighted by Crippen LogP contribution is -2.61. The molecule has 2 aliphatic rings. The number of rotatable bonds is 3. The van der Waals surface area contributed by atoms with Crippen LogP contribution in [0.25, 0.3) is 0 Å². The van der Waals surface area contributed by atoms with Crippen LogP contribution in [-0.4, -0.2) is 46.0 Å². The molecule has 126 valence electrons. The van der Waals surface area contributed by atoms with E-state index in [-0.39, 0.29) is 17.4 Å². The summed E-state index contributed by atoms with van der Waals surface area (Å²) in [5.41, 5.74) is 0.366. The fourth-order valence-electron chi connectivity index (χ4n) is 2.55. The van der Waals surface area contributed by atoms with E-state index < -0.39 is 34.7 Å². The fraction of sp³-hybridized carbons (Fsp3) is 0.333. The smallest absolute Gasteiger partial charge is 0.247 e. The maximum atomic E-state index is 12.4. The van der Waals surface area contributed by atoms with Gasteiger partial charge in [0.15, 0.2) is 0 Å². The van der Waals surface area contributed by atoms with Crippen LogP contribution in [0.5, 0.6) is 0 Å². The zero-order chi connectivity index (χ0) is 17.3. The van der Waals surface area contributed by atoms with E-state index in [1.54, 1.807) is 24.3 Å². The average molecular weight is 367 g/mol. The number of carbonyl (C=O) groups excluding carboxylic acids is 3. The van der Waals surface area contributed by atoms with Crippen molar-refractivity contribution in [3.8, 4) is 0 Å². The number of carboxylic acids is 1. The number of amides is 2. The predicted molar refractivity (Wildman–Crippen MR) is 87.6 cm³/mol. The van der Waals surface area contributed by atoms with Gasteiger partial charge in [0.1, 0.15) is 17.5 Å². The molecule has 3 rings (SSSR count). The Labute approximate surface area is 146 Å². The van der Waals surface area contributed by atoms with Crippen LogP contribution in [0, 0.1) is 0 Å². The summed E-state index contributed by atoms with van der Waals surface area (Å²) in [6.07, 6.45) is 0. The summed E-state index contributed by atoms with van der Waals surface area (Å²) in [6.45, 7) is 0. The van der Waals surface area contributed by atoms with Gasteiger partial charge in [-0.3, -0.25) is 14.6 Å². The summed E-state index contributed by atoms with van der Waals surface area (Å²) in [5, 5.41) is 14.8. The minimum absolute atomic E-state index is 0.265. The number of halogens is 1. The molecule has 4 atom stereocenters. The van der Waals surface area contributed by atoms with Crippen molar-refractivity contribution >= 4 is 46.9 Å². The molecule has 2 aliphatic heterocycles. The molecule has 2 heterocycles. The molecule has 7 nitrogen and oxygen atoms in total. The number of hydrogen-bond acceptors (Lipinski definition) is 6. The number of carbonyl (C=O) groups is 3. The minimum atomic E-state index is -1.47. The fourth-order valence-corrected chi connectivity index (χ4v) is 4.01. The second-order valence-corrected chi connectivity index (χ2v) is 7.01. The normalized spacial score (nSPS) is 30.1. The summed E-state index contributed by atoms with van der Waals surface area (Å²) in [4.78, 5) is 39.7. The molecule has 0 radical (unpaired) electrons. The Balaban J connectivity index is 1.79. The lowest BCUT2D eigenvalue weighted by Gasteiger charge is -2.35. The van der Waals surface area contributed by atoms with Crippen LogP contribution < -0.4 is 15.7 Å². The average Bonchev–Trinajstić information content (AvgIpc) is 2.57. The van der Waals surface area contributed by atoms with Gasteiger partial charge in [-0.2, -0.15) is 0 Å². The van der Waals surface area contributed by atoms with Gasteiger partial charge in [0.05, 0.1) is 17.1 Å². The van der Waals surface area contributed by atoms with Crippen molar-refractivity contribution in [3.05, 3.63) is 35.9 Å². The Bertz CT molecular complexity index is 712. The molecule has 1 saturated heterocycles. The third-order valence-electron chi connectivity index (χ3n) is 3.73. The van der Waals surface area contributed by atoms with Crippen molar-refractivity contribution in [2.75, 3.05) is 5.75 Å². The molecule has 1 aromatic rings. The summed E-state index contributed by atoms with van der Waals surface area (Å²) >= 11 is 7.11. The highest BCUT2D eigenvalue weighted by Crippen LogP contribution is 2.28. The first-order valence-corrected chi connectivity index (χ1v) is 8.66. The molecule has 0 saturated carbocycles. The van der Waals surface area contributed by atoms with Gasteiger partial charge in [0.2, 0.25) is 11.8 Å². The molecule has 2 N–H and O–H groups in total. The number of alkyl halides is 1. The van der Waals surface area contributed by atoms with Gasteiger partial charge in [-0.1, -0.05) is 30.3 Å². The molecule has 24 heavy (non-hydrogen) atoms. The molecule has 9 heteroatoms. The standard InChI is InChI=1S/C15H14ClN3O4S/c16-8-6-24-14(19-10(8)15(22)23)11-13(21)17-9(12(20)18-11)7-4-2-1-3-5-7/h1-5,8-9,11,14H,6H2,(H,17,21)(H,18,20)(H,22,23)/p-1/t8?,9?,11-,14-/m1/s1. The van der Waals surface area contributed by atoms with Crippen molar-refractivity contribution in [1.29, 1.82) is 0 Å². The maximum Gasteiger partial charge on any atom is 0.247 e. The molecule has 1 fully saturated rings. The quantitative estimate of drug-likeness (QED) is 0.681. The molecular formula is C15H13ClN3O4S-. The summed E-state index contributed by atoms with van der Waals surface area (Å²) in [5.74, 6) is -1.99. The monoisotopic (exact) mass is 366 g/mol. The number of aliphatic carboxylic acids is 1. The SMILES string of the molecule is O=C([O-])C1=N[C@@H]([C@@H]2NC(=O)C(c3ccccc3)NC2=O)SCC1Cl. The number of nitrogens with zero attached hydrogens (tertiary/aromatic N) is 1. The highest BCUT2D eigenvalue weighted by Gasteiger charge is 2.41. The second kappa shape index (κ2) is 6.82. The van der Waals surface area contributed by atoms with Crippen LogP contribution in [0.3, 0.4) is 0 Å². The number of piperazine rings is 1. The molecule has 0 spiro atoms. The molecule has 2 amide bonds. The first kappa shape index (κ1) is 16.8. The molecule has 0 aromatic heterocycles. The Morgan fingerprint density at radius 3 is 2.58 bits per heavy atom. The predicted octanol–water partition coefficient (Wildman–Crippen LogP) is -0.786. The van der Waals surface area contributed by atoms with Crippen LogP contribution in [0.2, 0.25) is 0 Å². The number of nitrogens with one attached hydrogen (secondary N) is 2. The molecule has 2 unspecified atom stereocenters. The van der Waals surface area contributed by atoms with Crippen LogP contribution in [0.1, 0.15) is 11.6 Å². The number of hydrogen-bond donors (Lipinski definition) is 2. The van der Waals surface area contributed by atoms with E-state index in [0.717, 1.165) is 0 Å². The third-order valence-corrected chi connectivity index (χ3v) is 5.52. The van der Waals surface area contributed by atoms with Crippen molar-refractivity contribution in [2.24, 2.45) is 4.99 Å². The number of aliphatic imine (C=N–C) groups is 1. The van der Waals surface area contributed by atoms with E-state index >= 15 is 0 Å². The lowest BCUT2D eigenvalue weighted by molar-refractivity contribution is -0.294. The van der Waals surface area contributed by atoms with Gasteiger partial charge < -0.3 is 20.5 Å². The zero-order valence-corrected chi connectivity index (χ0v) is 13.8. The highest BCUT2D eigenvalue weighted by molar-refractivity contribution is 8.00. The van der Waals surface area contributed by atoms with Crippen molar-refractivity contribution < 1.29 is 19.5 Å². The molecular weight excluding hydrogens is 354 g/mol. The van der Waals surface area contributed by atoms with E-state index in [1.165, 1.54) is 11.8 Å². The number of thioether (sulfide) groups is 1. The number of carboxylic acid groups (broad SMARTS) is 1. The van der Waals surface area contributed by atoms with E-state index in [2.05, 4.69) is 15.6 Å². The Kier molecular flexibility index (Phi) is 4.77. The van der Waals surface area contributed by atoms with Crippen LogP contribution in [-0.2, 0) is 14.4 Å². The molecule has 0 aliphatic carbocycles. The van der Waals surface area contributed by atoms with E-state index in [1.807, 2.05) is 6.07 Å². The van der Waals surface area contributed by atoms with Crippen LogP contribution in [0.4, 0.5) is 0 Å². The topological polar surface area (TPSA) is 111 Å². The summed E-state index contributed by atoms with van der Waals surface area (Å²) < 4.78 is 0. The Morgan fingerprint density at radius 2 is 1.92 bits per heavy atom. The van der Waals surface area contributed by atoms with Crippen LogP contribution >= 0.6 is 23.4 Å². The van der Waals surface area contributed by atoms with Gasteiger partial charge in [-0.15, -0.1) is 23.4 Å². The van der Waals surface area contributed by atoms with Gasteiger partial charge in [0, 0.05) is 5.75 Å².